The zero-order valence-corrected chi connectivity index (χ0v) is 16.4. The van der Waals surface area contributed by atoms with Gasteiger partial charge in [-0.1, -0.05) is 52.8 Å². The fraction of sp³-hybridized carbons (Fsp3) is 0.500. The third-order valence-electron chi connectivity index (χ3n) is 3.94. The molecule has 1 N–H and O–H groups in total. The molecule has 0 amide bonds. The third kappa shape index (κ3) is 7.69. The molecule has 0 heterocycles. The highest BCUT2D eigenvalue weighted by atomic mass is 19.4. The first-order valence-electron chi connectivity index (χ1n) is 8.73. The van der Waals surface area contributed by atoms with Gasteiger partial charge in [-0.3, -0.25) is 0 Å². The minimum Gasteiger partial charge on any atom is -0.388 e. The molecule has 0 aliphatic heterocycles. The second kappa shape index (κ2) is 10.4. The van der Waals surface area contributed by atoms with Crippen LogP contribution in [0.25, 0.3) is 5.70 Å². The van der Waals surface area contributed by atoms with E-state index in [1.807, 2.05) is 40.7 Å². The Kier molecular flexibility index (Phi) is 9.68. The Bertz CT molecular complexity index is 639. The molecule has 1 aromatic carbocycles. The fourth-order valence-corrected chi connectivity index (χ4v) is 2.05. The van der Waals surface area contributed by atoms with Gasteiger partial charge in [0.05, 0.1) is 11.1 Å². The molecule has 0 bridgehead atoms. The molecule has 0 fully saturated rings. The topological polar surface area (TPSA) is 12.0 Å². The Morgan fingerprint density at radius 1 is 0.963 bits per heavy atom. The van der Waals surface area contributed by atoms with Crippen molar-refractivity contribution in [3.63, 3.8) is 0 Å². The van der Waals surface area contributed by atoms with E-state index in [-0.39, 0.29) is 23.2 Å². The van der Waals surface area contributed by atoms with Gasteiger partial charge in [0.25, 0.3) is 0 Å². The monoisotopic (exact) mass is 395 g/mol. The van der Waals surface area contributed by atoms with Crippen LogP contribution in [0.3, 0.4) is 0 Å². The quantitative estimate of drug-likeness (QED) is 0.412. The Morgan fingerprint density at radius 2 is 1.52 bits per heavy atom. The van der Waals surface area contributed by atoms with E-state index >= 15 is 0 Å². The van der Waals surface area contributed by atoms with E-state index in [0.717, 1.165) is 6.07 Å². The normalized spacial score (nSPS) is 14.2. The number of halogens is 6. The molecule has 0 aliphatic rings. The predicted octanol–water partition coefficient (Wildman–Crippen LogP) is 7.16. The summed E-state index contributed by atoms with van der Waals surface area (Å²) in [5, 5.41) is 2.62. The summed E-state index contributed by atoms with van der Waals surface area (Å²) >= 11 is 0. The van der Waals surface area contributed by atoms with Crippen LogP contribution in [-0.2, 0) is 12.4 Å². The Hall–Kier alpha value is -1.92. The summed E-state index contributed by atoms with van der Waals surface area (Å²) in [6.07, 6.45) is -4.87. The van der Waals surface area contributed by atoms with Gasteiger partial charge in [0.1, 0.15) is 0 Å². The Balaban J connectivity index is 0.00000326. The van der Waals surface area contributed by atoms with E-state index in [1.54, 1.807) is 6.08 Å². The van der Waals surface area contributed by atoms with Crippen molar-refractivity contribution in [3.8, 4) is 0 Å². The summed E-state index contributed by atoms with van der Waals surface area (Å²) in [6, 6.07) is 1.63. The molecule has 154 valence electrons. The second-order valence-electron chi connectivity index (χ2n) is 6.07. The first kappa shape index (κ1) is 25.1. The van der Waals surface area contributed by atoms with Crippen molar-refractivity contribution >= 4 is 5.70 Å². The van der Waals surface area contributed by atoms with Crippen molar-refractivity contribution in [3.05, 3.63) is 53.1 Å². The smallest absolute Gasteiger partial charge is 0.388 e. The van der Waals surface area contributed by atoms with Gasteiger partial charge >= 0.3 is 12.4 Å². The van der Waals surface area contributed by atoms with Crippen LogP contribution in [0.2, 0.25) is 0 Å². The highest BCUT2D eigenvalue weighted by Gasteiger charge is 2.38. The van der Waals surface area contributed by atoms with Crippen molar-refractivity contribution in [2.75, 3.05) is 7.05 Å². The molecule has 1 atom stereocenters. The summed E-state index contributed by atoms with van der Waals surface area (Å²) in [5.41, 5.74) is -2.89. The molecule has 1 aromatic rings. The van der Waals surface area contributed by atoms with E-state index in [4.69, 9.17) is 0 Å². The van der Waals surface area contributed by atoms with Gasteiger partial charge in [-0.2, -0.15) is 26.3 Å². The lowest BCUT2D eigenvalue weighted by Gasteiger charge is -2.17. The van der Waals surface area contributed by atoms with E-state index in [2.05, 4.69) is 5.32 Å². The van der Waals surface area contributed by atoms with E-state index < -0.39 is 23.5 Å². The van der Waals surface area contributed by atoms with Crippen LogP contribution < -0.4 is 5.32 Å². The average Bonchev–Trinajstić information content (AvgIpc) is 2.58. The van der Waals surface area contributed by atoms with Gasteiger partial charge in [0, 0.05) is 18.3 Å². The van der Waals surface area contributed by atoms with E-state index in [1.165, 1.54) is 13.1 Å². The number of hydrogen-bond donors (Lipinski definition) is 1. The predicted molar refractivity (Wildman–Crippen MR) is 98.0 cm³/mol. The van der Waals surface area contributed by atoms with Crippen molar-refractivity contribution in [1.82, 2.24) is 5.32 Å². The first-order chi connectivity index (χ1) is 12.4. The molecule has 1 rings (SSSR count). The van der Waals surface area contributed by atoms with Crippen LogP contribution in [0.1, 0.15) is 51.3 Å². The summed E-state index contributed by atoms with van der Waals surface area (Å²) in [5.74, 6) is 0.573. The summed E-state index contributed by atoms with van der Waals surface area (Å²) in [6.45, 7) is 9.98. The summed E-state index contributed by atoms with van der Waals surface area (Å²) in [7, 11) is 1.42. The van der Waals surface area contributed by atoms with E-state index in [9.17, 15) is 26.3 Å². The van der Waals surface area contributed by atoms with Crippen LogP contribution in [0, 0.1) is 11.8 Å². The van der Waals surface area contributed by atoms with E-state index in [0.29, 0.717) is 12.0 Å². The fourth-order valence-electron chi connectivity index (χ4n) is 2.05. The van der Waals surface area contributed by atoms with Gasteiger partial charge in [-0.15, -0.1) is 0 Å². The maximum Gasteiger partial charge on any atom is 0.417 e. The number of allylic oxidation sites excluding steroid dienone is 3. The lowest BCUT2D eigenvalue weighted by molar-refractivity contribution is -0.143. The van der Waals surface area contributed by atoms with Gasteiger partial charge in [0.2, 0.25) is 0 Å². The maximum absolute atomic E-state index is 13.2. The van der Waals surface area contributed by atoms with Crippen molar-refractivity contribution in [2.24, 2.45) is 11.8 Å². The molecule has 0 radical (unpaired) electrons. The largest absolute Gasteiger partial charge is 0.417 e. The zero-order chi connectivity index (χ0) is 21.4. The third-order valence-corrected chi connectivity index (χ3v) is 3.94. The lowest BCUT2D eigenvalue weighted by Crippen LogP contribution is -2.16. The van der Waals surface area contributed by atoms with Crippen LogP contribution in [0.4, 0.5) is 26.3 Å². The van der Waals surface area contributed by atoms with Crippen LogP contribution >= 0.6 is 0 Å². The molecule has 0 saturated heterocycles. The van der Waals surface area contributed by atoms with Crippen molar-refractivity contribution in [2.45, 2.75) is 47.0 Å². The van der Waals surface area contributed by atoms with Crippen molar-refractivity contribution in [1.29, 1.82) is 0 Å². The van der Waals surface area contributed by atoms with Crippen LogP contribution in [-0.4, -0.2) is 7.05 Å². The zero-order valence-electron chi connectivity index (χ0n) is 16.4. The average molecular weight is 395 g/mol. The molecule has 7 heteroatoms. The van der Waals surface area contributed by atoms with Crippen molar-refractivity contribution < 1.29 is 26.3 Å². The molecule has 1 unspecified atom stereocenters. The molecular formula is C20H27F6N. The number of benzene rings is 1. The SMILES string of the molecule is CC.CN/C(=C\C=C/C(C)C(C)C)c1ccc(C(F)(F)F)cc1C(F)(F)F. The van der Waals surface area contributed by atoms with Gasteiger partial charge in [-0.05, 0) is 30.0 Å². The first-order valence-corrected chi connectivity index (χ1v) is 8.73. The molecule has 0 saturated carbocycles. The lowest BCUT2D eigenvalue weighted by atomic mass is 9.97. The maximum atomic E-state index is 13.2. The van der Waals surface area contributed by atoms with Gasteiger partial charge in [0.15, 0.2) is 0 Å². The molecule has 27 heavy (non-hydrogen) atoms. The Labute approximate surface area is 157 Å². The molecule has 0 spiro atoms. The molecule has 0 aliphatic carbocycles. The minimum absolute atomic E-state index is 0.0910. The summed E-state index contributed by atoms with van der Waals surface area (Å²) < 4.78 is 77.9. The number of hydrogen-bond acceptors (Lipinski definition) is 1. The number of rotatable bonds is 5. The van der Waals surface area contributed by atoms with Gasteiger partial charge < -0.3 is 5.32 Å². The second-order valence-corrected chi connectivity index (χ2v) is 6.07. The van der Waals surface area contributed by atoms with Gasteiger partial charge in [-0.25, -0.2) is 0 Å². The number of alkyl halides is 6. The number of nitrogens with one attached hydrogen (secondary N) is 1. The molecule has 1 nitrogen and oxygen atoms in total. The standard InChI is InChI=1S/C18H21F6N.C2H6/c1-11(2)12(3)6-5-7-16(25-4)14-9-8-13(17(19,20)21)10-15(14)18(22,23)24;1-2/h5-12,25H,1-4H3;1-2H3/b6-5-,16-7-;. The summed E-state index contributed by atoms with van der Waals surface area (Å²) in [4.78, 5) is 0. The minimum atomic E-state index is -4.90. The highest BCUT2D eigenvalue weighted by molar-refractivity contribution is 5.69. The highest BCUT2D eigenvalue weighted by Crippen LogP contribution is 2.38. The van der Waals surface area contributed by atoms with Crippen LogP contribution in [0.5, 0.6) is 0 Å². The molecular weight excluding hydrogens is 368 g/mol. The Morgan fingerprint density at radius 3 is 1.93 bits per heavy atom. The van der Waals surface area contributed by atoms with Crippen LogP contribution in [0.15, 0.2) is 36.4 Å². The molecule has 0 aromatic heterocycles.